The number of hydrogen-bond donors (Lipinski definition) is 1. The van der Waals surface area contributed by atoms with Crippen molar-refractivity contribution in [1.82, 2.24) is 10.2 Å². The molecule has 1 N–H and O–H groups in total. The zero-order valence-electron chi connectivity index (χ0n) is 25.5. The second kappa shape index (κ2) is 15.2. The summed E-state index contributed by atoms with van der Waals surface area (Å²) in [5, 5.41) is 3.29. The molecule has 2 amide bonds. The number of rotatable bonds is 13. The Hall–Kier alpha value is -4.21. The zero-order valence-corrected chi connectivity index (χ0v) is 27.1. The summed E-state index contributed by atoms with van der Waals surface area (Å²) < 4.78 is 44.1. The van der Waals surface area contributed by atoms with Crippen molar-refractivity contribution in [1.29, 1.82) is 0 Å². The fourth-order valence-electron chi connectivity index (χ4n) is 4.79. The van der Waals surface area contributed by atoms with Crippen LogP contribution >= 0.6 is 11.6 Å². The molecular weight excluding hydrogens is 613 g/mol. The van der Waals surface area contributed by atoms with Crippen molar-refractivity contribution in [2.75, 3.05) is 10.8 Å². The standard InChI is InChI=1S/C35H37ClFN3O4S/c1-4-26(3)38-35(42)33(21-27-13-7-5-8-14-27)39(23-28-15-11-12-18-32(28)37)34(41)24-40(29-20-19-25(2)31(36)22-29)45(43,44)30-16-9-6-10-17-30/h5-20,22,26,33H,4,21,23-24H2,1-3H3,(H,38,42). The summed E-state index contributed by atoms with van der Waals surface area (Å²) in [5.74, 6) is -1.65. The van der Waals surface area contributed by atoms with E-state index < -0.39 is 40.2 Å². The monoisotopic (exact) mass is 649 g/mol. The third-order valence-corrected chi connectivity index (χ3v) is 9.82. The molecular formula is C35H37ClFN3O4S. The van der Waals surface area contributed by atoms with Gasteiger partial charge in [0.1, 0.15) is 18.4 Å². The van der Waals surface area contributed by atoms with E-state index in [2.05, 4.69) is 5.32 Å². The Bertz CT molecular complexity index is 1720. The van der Waals surface area contributed by atoms with Gasteiger partial charge in [-0.25, -0.2) is 12.8 Å². The van der Waals surface area contributed by atoms with Gasteiger partial charge in [-0.05, 0) is 61.7 Å². The zero-order chi connectivity index (χ0) is 32.6. The average Bonchev–Trinajstić information content (AvgIpc) is 3.04. The summed E-state index contributed by atoms with van der Waals surface area (Å²) in [5.41, 5.74) is 1.88. The first-order valence-electron chi connectivity index (χ1n) is 14.7. The molecule has 0 aromatic heterocycles. The lowest BCUT2D eigenvalue weighted by molar-refractivity contribution is -0.140. The van der Waals surface area contributed by atoms with E-state index in [1.165, 1.54) is 35.2 Å². The Morgan fingerprint density at radius 3 is 2.16 bits per heavy atom. The lowest BCUT2D eigenvalue weighted by atomic mass is 10.0. The maximum absolute atomic E-state index is 15.0. The minimum absolute atomic E-state index is 0.0227. The summed E-state index contributed by atoms with van der Waals surface area (Å²) in [6, 6.07) is 26.4. The van der Waals surface area contributed by atoms with Gasteiger partial charge in [-0.3, -0.25) is 13.9 Å². The van der Waals surface area contributed by atoms with Crippen molar-refractivity contribution in [3.05, 3.63) is 131 Å². The predicted molar refractivity (Wildman–Crippen MR) is 176 cm³/mol. The molecule has 0 aliphatic heterocycles. The summed E-state index contributed by atoms with van der Waals surface area (Å²) >= 11 is 6.41. The number of aryl methyl sites for hydroxylation is 1. The Morgan fingerprint density at radius 1 is 0.911 bits per heavy atom. The molecule has 0 fully saturated rings. The van der Waals surface area contributed by atoms with Crippen LogP contribution in [0.2, 0.25) is 5.02 Å². The molecule has 2 unspecified atom stereocenters. The van der Waals surface area contributed by atoms with Gasteiger partial charge < -0.3 is 10.2 Å². The van der Waals surface area contributed by atoms with E-state index in [0.29, 0.717) is 11.4 Å². The molecule has 0 aliphatic rings. The highest BCUT2D eigenvalue weighted by Gasteiger charge is 2.35. The molecule has 0 bridgehead atoms. The van der Waals surface area contributed by atoms with Crippen molar-refractivity contribution in [3.8, 4) is 0 Å². The van der Waals surface area contributed by atoms with Crippen LogP contribution in [0, 0.1) is 12.7 Å². The van der Waals surface area contributed by atoms with Gasteiger partial charge >= 0.3 is 0 Å². The van der Waals surface area contributed by atoms with Gasteiger partial charge in [-0.2, -0.15) is 0 Å². The van der Waals surface area contributed by atoms with E-state index in [9.17, 15) is 18.0 Å². The third-order valence-electron chi connectivity index (χ3n) is 7.62. The molecule has 7 nitrogen and oxygen atoms in total. The van der Waals surface area contributed by atoms with Crippen LogP contribution in [0.15, 0.2) is 108 Å². The first kappa shape index (κ1) is 33.7. The molecule has 0 saturated heterocycles. The average molecular weight is 650 g/mol. The highest BCUT2D eigenvalue weighted by atomic mass is 35.5. The van der Waals surface area contributed by atoms with E-state index in [-0.39, 0.29) is 35.2 Å². The number of hydrogen-bond acceptors (Lipinski definition) is 4. The van der Waals surface area contributed by atoms with Crippen LogP contribution in [0.4, 0.5) is 10.1 Å². The van der Waals surface area contributed by atoms with Crippen LogP contribution in [-0.4, -0.2) is 43.8 Å². The molecule has 45 heavy (non-hydrogen) atoms. The normalized spacial score (nSPS) is 12.6. The van der Waals surface area contributed by atoms with E-state index >= 15 is 4.39 Å². The Morgan fingerprint density at radius 2 is 1.53 bits per heavy atom. The summed E-state index contributed by atoms with van der Waals surface area (Å²) in [6.45, 7) is 4.65. The van der Waals surface area contributed by atoms with Crippen LogP contribution in [0.25, 0.3) is 0 Å². The SMILES string of the molecule is CCC(C)NC(=O)C(Cc1ccccc1)N(Cc1ccccc1F)C(=O)CN(c1ccc(C)c(Cl)c1)S(=O)(=O)c1ccccc1. The maximum Gasteiger partial charge on any atom is 0.264 e. The van der Waals surface area contributed by atoms with Crippen molar-refractivity contribution >= 4 is 39.1 Å². The lowest BCUT2D eigenvalue weighted by Crippen LogP contribution is -2.54. The second-order valence-electron chi connectivity index (χ2n) is 10.9. The minimum Gasteiger partial charge on any atom is -0.352 e. The van der Waals surface area contributed by atoms with E-state index in [1.807, 2.05) is 44.2 Å². The minimum atomic E-state index is -4.27. The van der Waals surface area contributed by atoms with Crippen LogP contribution in [0.1, 0.15) is 37.0 Å². The quantitative estimate of drug-likeness (QED) is 0.178. The van der Waals surface area contributed by atoms with Crippen molar-refractivity contribution in [2.24, 2.45) is 0 Å². The molecule has 4 aromatic carbocycles. The van der Waals surface area contributed by atoms with E-state index in [1.54, 1.807) is 49.4 Å². The van der Waals surface area contributed by atoms with Crippen LogP contribution in [0.5, 0.6) is 0 Å². The molecule has 10 heteroatoms. The topological polar surface area (TPSA) is 86.8 Å². The molecule has 2 atom stereocenters. The number of halogens is 2. The molecule has 4 rings (SSSR count). The summed E-state index contributed by atoms with van der Waals surface area (Å²) in [4.78, 5) is 29.5. The van der Waals surface area contributed by atoms with Gasteiger partial charge in [0.05, 0.1) is 10.6 Å². The highest BCUT2D eigenvalue weighted by molar-refractivity contribution is 7.92. The number of carbonyl (C=O) groups is 2. The number of nitrogens with one attached hydrogen (secondary N) is 1. The third kappa shape index (κ3) is 8.49. The first-order valence-corrected chi connectivity index (χ1v) is 16.5. The molecule has 4 aromatic rings. The molecule has 0 radical (unpaired) electrons. The Balaban J connectivity index is 1.83. The van der Waals surface area contributed by atoms with Gasteiger partial charge in [-0.1, -0.05) is 91.3 Å². The van der Waals surface area contributed by atoms with E-state index in [4.69, 9.17) is 11.6 Å². The predicted octanol–water partition coefficient (Wildman–Crippen LogP) is 6.54. The van der Waals surface area contributed by atoms with Crippen LogP contribution in [0.3, 0.4) is 0 Å². The van der Waals surface area contributed by atoms with Crippen molar-refractivity contribution in [2.45, 2.75) is 57.1 Å². The lowest BCUT2D eigenvalue weighted by Gasteiger charge is -2.34. The molecule has 236 valence electrons. The fraction of sp³-hybridized carbons (Fsp3) is 0.257. The first-order chi connectivity index (χ1) is 21.5. The van der Waals surface area contributed by atoms with Gasteiger partial charge in [-0.15, -0.1) is 0 Å². The van der Waals surface area contributed by atoms with Crippen LogP contribution < -0.4 is 9.62 Å². The summed E-state index contributed by atoms with van der Waals surface area (Å²) in [6.07, 6.45) is 0.785. The van der Waals surface area contributed by atoms with Gasteiger partial charge in [0.2, 0.25) is 11.8 Å². The Labute approximate surface area is 269 Å². The Kier molecular flexibility index (Phi) is 11.4. The number of anilines is 1. The maximum atomic E-state index is 15.0. The largest absolute Gasteiger partial charge is 0.352 e. The van der Waals surface area contributed by atoms with Gasteiger partial charge in [0.15, 0.2) is 0 Å². The van der Waals surface area contributed by atoms with Crippen molar-refractivity contribution < 1.29 is 22.4 Å². The number of nitrogens with zero attached hydrogens (tertiary/aromatic N) is 2. The number of carbonyl (C=O) groups excluding carboxylic acids is 2. The second-order valence-corrected chi connectivity index (χ2v) is 13.2. The van der Waals surface area contributed by atoms with Gasteiger partial charge in [0.25, 0.3) is 10.0 Å². The van der Waals surface area contributed by atoms with E-state index in [0.717, 1.165) is 15.4 Å². The van der Waals surface area contributed by atoms with Gasteiger partial charge in [0, 0.05) is 29.6 Å². The number of benzene rings is 4. The van der Waals surface area contributed by atoms with Crippen molar-refractivity contribution in [3.63, 3.8) is 0 Å². The number of sulfonamides is 1. The molecule has 0 aliphatic carbocycles. The molecule has 0 spiro atoms. The highest BCUT2D eigenvalue weighted by Crippen LogP contribution is 2.29. The smallest absolute Gasteiger partial charge is 0.264 e. The van der Waals surface area contributed by atoms with Crippen LogP contribution in [-0.2, 0) is 32.6 Å². The molecule has 0 saturated carbocycles. The number of amides is 2. The molecule has 0 heterocycles. The fourth-order valence-corrected chi connectivity index (χ4v) is 6.39. The summed E-state index contributed by atoms with van der Waals surface area (Å²) in [7, 11) is -4.27.